The van der Waals surface area contributed by atoms with Crippen LogP contribution in [-0.2, 0) is 15.7 Å². The van der Waals surface area contributed by atoms with Gasteiger partial charge in [-0.25, -0.2) is 0 Å². The number of carbonyl (C=O) groups is 1. The van der Waals surface area contributed by atoms with Crippen molar-refractivity contribution in [1.82, 2.24) is 4.98 Å². The number of halogens is 3. The number of carbonyl (C=O) groups excluding carboxylic acids is 1. The van der Waals surface area contributed by atoms with Crippen molar-refractivity contribution in [1.29, 1.82) is 0 Å². The molecule has 0 N–H and O–H groups in total. The summed E-state index contributed by atoms with van der Waals surface area (Å²) in [5.74, 6) is 0.0404. The van der Waals surface area contributed by atoms with Crippen molar-refractivity contribution in [3.8, 4) is 11.1 Å². The summed E-state index contributed by atoms with van der Waals surface area (Å²) < 4.78 is 44.8. The Hall–Kier alpha value is -3.03. The number of cyclic esters (lactones) is 1. The molecule has 0 bridgehead atoms. The highest BCUT2D eigenvalue weighted by Crippen LogP contribution is 2.54. The van der Waals surface area contributed by atoms with Crippen LogP contribution in [0.25, 0.3) is 17.2 Å². The Bertz CT molecular complexity index is 1130. The maximum atomic E-state index is 13.1. The van der Waals surface area contributed by atoms with Gasteiger partial charge in [0.2, 0.25) is 0 Å². The molecule has 3 fully saturated rings. The lowest BCUT2D eigenvalue weighted by Gasteiger charge is -2.47. The van der Waals surface area contributed by atoms with Crippen LogP contribution in [0.1, 0.15) is 43.9 Å². The summed E-state index contributed by atoms with van der Waals surface area (Å²) in [5.41, 5.74) is 1.03. The fraction of sp³-hybridized carbons (Fsp3) is 0.481. The summed E-state index contributed by atoms with van der Waals surface area (Å²) in [6.45, 7) is 1.93. The zero-order chi connectivity index (χ0) is 24.7. The van der Waals surface area contributed by atoms with Gasteiger partial charge in [-0.1, -0.05) is 35.9 Å². The molecule has 2 heterocycles. The fourth-order valence-electron chi connectivity index (χ4n) is 6.49. The molecule has 3 aliphatic rings. The van der Waals surface area contributed by atoms with Crippen LogP contribution in [0.2, 0.25) is 0 Å². The second-order valence-corrected chi connectivity index (χ2v) is 9.98. The molecule has 0 radical (unpaired) electrons. The van der Waals surface area contributed by atoms with Gasteiger partial charge in [0, 0.05) is 17.7 Å². The predicted molar refractivity (Wildman–Crippen MR) is 125 cm³/mol. The number of nitrogens with zero attached hydrogens (tertiary/aromatic N) is 2. The zero-order valence-electron chi connectivity index (χ0n) is 19.3. The lowest BCUT2D eigenvalue weighted by molar-refractivity contribution is -0.144. The number of fused-ring (bicyclic) bond motifs is 2. The summed E-state index contributed by atoms with van der Waals surface area (Å²) in [4.78, 5) is 28.5. The summed E-state index contributed by atoms with van der Waals surface area (Å²) in [6, 6.07) is 8.45. The lowest BCUT2D eigenvalue weighted by Crippen LogP contribution is -2.46. The average Bonchev–Trinajstić information content (AvgIpc) is 3.14. The summed E-state index contributed by atoms with van der Waals surface area (Å²) in [7, 11) is 0. The van der Waals surface area contributed by atoms with Crippen LogP contribution in [0.4, 0.5) is 13.2 Å². The van der Waals surface area contributed by atoms with Crippen molar-refractivity contribution in [3.05, 3.63) is 64.8 Å². The van der Waals surface area contributed by atoms with Gasteiger partial charge >= 0.3 is 12.1 Å². The van der Waals surface area contributed by atoms with Gasteiger partial charge in [0.25, 0.3) is 0 Å². The number of ether oxygens (including phenoxy) is 1. The molecule has 8 heteroatoms. The zero-order valence-corrected chi connectivity index (χ0v) is 19.3. The number of benzene rings is 1. The fourth-order valence-corrected chi connectivity index (χ4v) is 6.49. The summed E-state index contributed by atoms with van der Waals surface area (Å²) >= 11 is 0. The van der Waals surface area contributed by atoms with Crippen LogP contribution in [0.3, 0.4) is 0 Å². The molecule has 5 unspecified atom stereocenters. The van der Waals surface area contributed by atoms with Gasteiger partial charge < -0.3 is 4.74 Å². The van der Waals surface area contributed by atoms with Gasteiger partial charge in [-0.3, -0.25) is 9.78 Å². The summed E-state index contributed by atoms with van der Waals surface area (Å²) in [5, 5.41) is 3.39. The molecule has 7 atom stereocenters. The maximum Gasteiger partial charge on any atom is 0.416 e. The van der Waals surface area contributed by atoms with Crippen LogP contribution >= 0.6 is 0 Å². The molecule has 2 saturated carbocycles. The smallest absolute Gasteiger partial charge is 0.416 e. The number of hydrogen-bond donors (Lipinski definition) is 0. The number of allylic oxidation sites excluding steroid dienone is 1. The van der Waals surface area contributed by atoms with Gasteiger partial charge in [-0.2, -0.15) is 18.1 Å². The number of rotatable bonds is 4. The highest BCUT2D eigenvalue weighted by Gasteiger charge is 2.55. The Labute approximate surface area is 201 Å². The number of pyridine rings is 1. The van der Waals surface area contributed by atoms with E-state index in [4.69, 9.17) is 4.74 Å². The number of nitroso groups, excluding NO2 is 1. The van der Waals surface area contributed by atoms with E-state index in [0.29, 0.717) is 23.2 Å². The molecule has 5 rings (SSSR count). The van der Waals surface area contributed by atoms with Crippen molar-refractivity contribution in [2.45, 2.75) is 50.9 Å². The Morgan fingerprint density at radius 2 is 1.94 bits per heavy atom. The van der Waals surface area contributed by atoms with E-state index in [0.717, 1.165) is 31.4 Å². The molecule has 5 nitrogen and oxygen atoms in total. The van der Waals surface area contributed by atoms with E-state index in [1.807, 2.05) is 13.0 Å². The van der Waals surface area contributed by atoms with Crippen LogP contribution in [0, 0.1) is 34.5 Å². The maximum absolute atomic E-state index is 13.1. The normalized spacial score (nSPS) is 32.7. The number of esters is 1. The molecular formula is C27H27F3N2O3. The third-order valence-electron chi connectivity index (χ3n) is 8.09. The van der Waals surface area contributed by atoms with Crippen molar-refractivity contribution in [2.75, 3.05) is 0 Å². The van der Waals surface area contributed by atoms with E-state index in [1.165, 1.54) is 6.07 Å². The van der Waals surface area contributed by atoms with Crippen LogP contribution in [-0.4, -0.2) is 23.1 Å². The monoisotopic (exact) mass is 484 g/mol. The first kappa shape index (κ1) is 23.7. The molecule has 1 aromatic carbocycles. The van der Waals surface area contributed by atoms with E-state index in [-0.39, 0.29) is 47.7 Å². The molecule has 1 saturated heterocycles. The molecule has 0 amide bonds. The van der Waals surface area contributed by atoms with E-state index < -0.39 is 11.7 Å². The van der Waals surface area contributed by atoms with Crippen molar-refractivity contribution in [2.24, 2.45) is 34.8 Å². The van der Waals surface area contributed by atoms with E-state index in [1.54, 1.807) is 24.4 Å². The molecule has 0 spiro atoms. The second kappa shape index (κ2) is 9.21. The van der Waals surface area contributed by atoms with E-state index in [9.17, 15) is 22.9 Å². The minimum atomic E-state index is -4.40. The van der Waals surface area contributed by atoms with E-state index >= 15 is 0 Å². The molecule has 1 aromatic heterocycles. The van der Waals surface area contributed by atoms with E-state index in [2.05, 4.69) is 16.2 Å². The highest BCUT2D eigenvalue weighted by molar-refractivity contribution is 5.75. The quantitative estimate of drug-likeness (QED) is 0.366. The molecule has 184 valence electrons. The van der Waals surface area contributed by atoms with Crippen LogP contribution in [0.5, 0.6) is 0 Å². The first-order valence-electron chi connectivity index (χ1n) is 12.1. The van der Waals surface area contributed by atoms with Gasteiger partial charge in [0.05, 0.1) is 23.2 Å². The predicted octanol–water partition coefficient (Wildman–Crippen LogP) is 6.53. The third-order valence-corrected chi connectivity index (χ3v) is 8.09. The van der Waals surface area contributed by atoms with Crippen LogP contribution < -0.4 is 0 Å². The van der Waals surface area contributed by atoms with Crippen molar-refractivity contribution < 1.29 is 22.7 Å². The number of aromatic nitrogens is 1. The Balaban J connectivity index is 1.40. The van der Waals surface area contributed by atoms with Gasteiger partial charge in [-0.15, -0.1) is 0 Å². The molecule has 2 aromatic rings. The minimum absolute atomic E-state index is 0.0507. The topological polar surface area (TPSA) is 68.6 Å². The third kappa shape index (κ3) is 4.50. The Morgan fingerprint density at radius 3 is 2.66 bits per heavy atom. The summed E-state index contributed by atoms with van der Waals surface area (Å²) in [6.07, 6.45) is 4.32. The lowest BCUT2D eigenvalue weighted by atomic mass is 9.56. The van der Waals surface area contributed by atoms with Gasteiger partial charge in [0.1, 0.15) is 6.10 Å². The minimum Gasteiger partial charge on any atom is -0.462 e. The molecule has 2 aliphatic carbocycles. The Kier molecular flexibility index (Phi) is 6.23. The van der Waals surface area contributed by atoms with Gasteiger partial charge in [0.15, 0.2) is 0 Å². The first-order valence-corrected chi connectivity index (χ1v) is 12.1. The standard InChI is InChI=1S/C27H27F3N2O3/c1-15-25-21(20-6-3-7-24(32-34)22(20)13-23(25)26(33)35-15)11-10-19-9-8-17(14-31-19)16-4-2-5-18(12-16)27(28,29)30/h2,4-5,8-12,14-15,20-25H,3,6-7,13H2,1H3/t15-,20?,21+,22?,23?,24?,25?/m1/s1. The molecular weight excluding hydrogens is 457 g/mol. The Morgan fingerprint density at radius 1 is 1.11 bits per heavy atom. The number of alkyl halides is 3. The second-order valence-electron chi connectivity index (χ2n) is 9.98. The van der Waals surface area contributed by atoms with Crippen LogP contribution in [0.15, 0.2) is 53.8 Å². The SMILES string of the molecule is C[C@H]1OC(=O)C2CC3C(N=O)CCCC3[C@H](C=Cc3ccc(-c4cccc(C(F)(F)F)c4)cn3)C21. The number of hydrogen-bond acceptors (Lipinski definition) is 5. The highest BCUT2D eigenvalue weighted by atomic mass is 19.4. The molecule has 1 aliphatic heterocycles. The van der Waals surface area contributed by atoms with Crippen molar-refractivity contribution in [3.63, 3.8) is 0 Å². The average molecular weight is 485 g/mol. The molecule has 35 heavy (non-hydrogen) atoms. The largest absolute Gasteiger partial charge is 0.462 e. The first-order chi connectivity index (χ1) is 16.8. The van der Waals surface area contributed by atoms with Gasteiger partial charge in [-0.05, 0) is 73.8 Å². The van der Waals surface area contributed by atoms with Crippen molar-refractivity contribution >= 4 is 12.0 Å².